The van der Waals surface area contributed by atoms with Gasteiger partial charge >= 0.3 is 0 Å². The molecular formula is C24H35FN2. The lowest BCUT2D eigenvalue weighted by molar-refractivity contribution is 0.588. The van der Waals surface area contributed by atoms with Crippen molar-refractivity contribution in [1.82, 2.24) is 9.97 Å². The summed E-state index contributed by atoms with van der Waals surface area (Å²) < 4.78 is 14.4. The lowest BCUT2D eigenvalue weighted by atomic mass is 10.0. The monoisotopic (exact) mass is 370 g/mol. The van der Waals surface area contributed by atoms with Crippen molar-refractivity contribution in [3.05, 3.63) is 47.5 Å². The van der Waals surface area contributed by atoms with Gasteiger partial charge in [0.25, 0.3) is 0 Å². The molecule has 0 N–H and O–H groups in total. The molecule has 0 bridgehead atoms. The van der Waals surface area contributed by atoms with Crippen LogP contribution in [0.2, 0.25) is 0 Å². The van der Waals surface area contributed by atoms with Crippen LogP contribution in [0.4, 0.5) is 4.39 Å². The molecule has 0 saturated carbocycles. The Hall–Kier alpha value is -1.77. The molecule has 2 nitrogen and oxygen atoms in total. The molecule has 0 aliphatic heterocycles. The first kappa shape index (κ1) is 21.5. The van der Waals surface area contributed by atoms with Gasteiger partial charge in [-0.15, -0.1) is 0 Å². The number of aromatic nitrogens is 2. The van der Waals surface area contributed by atoms with Crippen LogP contribution in [0, 0.1) is 5.82 Å². The van der Waals surface area contributed by atoms with Crippen LogP contribution < -0.4 is 0 Å². The van der Waals surface area contributed by atoms with Crippen molar-refractivity contribution in [2.45, 2.75) is 90.9 Å². The summed E-state index contributed by atoms with van der Waals surface area (Å²) in [6.45, 7) is 4.44. The molecule has 148 valence electrons. The summed E-state index contributed by atoms with van der Waals surface area (Å²) in [6.07, 6.45) is 17.9. The second kappa shape index (κ2) is 12.6. The minimum absolute atomic E-state index is 0.133. The first-order chi connectivity index (χ1) is 13.2. The third-order valence-electron chi connectivity index (χ3n) is 5.14. The predicted octanol–water partition coefficient (Wildman–Crippen LogP) is 7.31. The molecule has 2 rings (SSSR count). The van der Waals surface area contributed by atoms with Gasteiger partial charge in [-0.2, -0.15) is 0 Å². The fourth-order valence-electron chi connectivity index (χ4n) is 3.37. The van der Waals surface area contributed by atoms with Crippen molar-refractivity contribution in [2.24, 2.45) is 0 Å². The molecule has 0 fully saturated rings. The van der Waals surface area contributed by atoms with E-state index < -0.39 is 0 Å². The van der Waals surface area contributed by atoms with Gasteiger partial charge < -0.3 is 0 Å². The number of hydrogen-bond donors (Lipinski definition) is 0. The van der Waals surface area contributed by atoms with Gasteiger partial charge in [-0.1, -0.05) is 77.3 Å². The van der Waals surface area contributed by atoms with Crippen molar-refractivity contribution in [3.8, 4) is 11.4 Å². The molecule has 0 unspecified atom stereocenters. The molecule has 27 heavy (non-hydrogen) atoms. The van der Waals surface area contributed by atoms with E-state index in [1.807, 2.05) is 24.5 Å². The van der Waals surface area contributed by atoms with E-state index in [-0.39, 0.29) is 5.82 Å². The summed E-state index contributed by atoms with van der Waals surface area (Å²) in [5.74, 6) is 0.477. The van der Waals surface area contributed by atoms with E-state index in [1.165, 1.54) is 63.4 Å². The number of rotatable bonds is 13. The molecule has 1 heterocycles. The average Bonchev–Trinajstić information content (AvgIpc) is 2.69. The number of benzene rings is 1. The third-order valence-corrected chi connectivity index (χ3v) is 5.14. The van der Waals surface area contributed by atoms with E-state index in [0.717, 1.165) is 30.4 Å². The summed E-state index contributed by atoms with van der Waals surface area (Å²) in [5.41, 5.74) is 2.73. The van der Waals surface area contributed by atoms with Gasteiger partial charge in [0.05, 0.1) is 0 Å². The van der Waals surface area contributed by atoms with Crippen LogP contribution >= 0.6 is 0 Å². The van der Waals surface area contributed by atoms with Crippen LogP contribution in [0.1, 0.15) is 89.2 Å². The van der Waals surface area contributed by atoms with Crippen LogP contribution in [0.25, 0.3) is 11.4 Å². The standard InChI is InChI=1S/C24H35FN2/c1-3-5-7-9-11-13-20-18-26-24(27-19-20)22-16-15-21(23(25)17-22)14-12-10-8-6-4-2/h15-19H,3-14H2,1-2H3. The van der Waals surface area contributed by atoms with Gasteiger partial charge in [-0.05, 0) is 42.9 Å². The highest BCUT2D eigenvalue weighted by atomic mass is 19.1. The molecule has 2 aromatic rings. The van der Waals surface area contributed by atoms with E-state index in [0.29, 0.717) is 5.82 Å². The normalized spacial score (nSPS) is 11.1. The van der Waals surface area contributed by atoms with Crippen LogP contribution in [0.5, 0.6) is 0 Å². The maximum atomic E-state index is 14.4. The first-order valence-electron chi connectivity index (χ1n) is 10.8. The fourth-order valence-corrected chi connectivity index (χ4v) is 3.37. The van der Waals surface area contributed by atoms with Gasteiger partial charge in [0, 0.05) is 18.0 Å². The Morgan fingerprint density at radius 3 is 1.93 bits per heavy atom. The van der Waals surface area contributed by atoms with Crippen LogP contribution in [0.15, 0.2) is 30.6 Å². The summed E-state index contributed by atoms with van der Waals surface area (Å²) in [4.78, 5) is 8.91. The minimum atomic E-state index is -0.133. The van der Waals surface area contributed by atoms with E-state index in [1.54, 1.807) is 6.07 Å². The van der Waals surface area contributed by atoms with Gasteiger partial charge in [-0.3, -0.25) is 0 Å². The van der Waals surface area contributed by atoms with Crippen LogP contribution in [0.3, 0.4) is 0 Å². The first-order valence-corrected chi connectivity index (χ1v) is 10.8. The molecule has 0 spiro atoms. The number of nitrogens with zero attached hydrogens (tertiary/aromatic N) is 2. The van der Waals surface area contributed by atoms with Crippen molar-refractivity contribution in [1.29, 1.82) is 0 Å². The Morgan fingerprint density at radius 1 is 0.741 bits per heavy atom. The molecular weight excluding hydrogens is 335 g/mol. The Kier molecular flexibility index (Phi) is 10.0. The summed E-state index contributed by atoms with van der Waals surface area (Å²) in [7, 11) is 0. The van der Waals surface area contributed by atoms with Gasteiger partial charge in [0.1, 0.15) is 5.82 Å². The summed E-state index contributed by atoms with van der Waals surface area (Å²) >= 11 is 0. The molecule has 0 aliphatic rings. The quantitative estimate of drug-likeness (QED) is 0.345. The number of halogens is 1. The third kappa shape index (κ3) is 7.78. The lowest BCUT2D eigenvalue weighted by Crippen LogP contribution is -1.96. The van der Waals surface area contributed by atoms with Crippen molar-refractivity contribution in [3.63, 3.8) is 0 Å². The van der Waals surface area contributed by atoms with E-state index in [9.17, 15) is 4.39 Å². The van der Waals surface area contributed by atoms with Crippen LogP contribution in [-0.2, 0) is 12.8 Å². The average molecular weight is 371 g/mol. The van der Waals surface area contributed by atoms with E-state index >= 15 is 0 Å². The van der Waals surface area contributed by atoms with Gasteiger partial charge in [-0.25, -0.2) is 14.4 Å². The molecule has 0 saturated heterocycles. The summed E-state index contributed by atoms with van der Waals surface area (Å²) in [6, 6.07) is 5.43. The Balaban J connectivity index is 1.85. The van der Waals surface area contributed by atoms with Gasteiger partial charge in [0.2, 0.25) is 0 Å². The largest absolute Gasteiger partial charge is 0.236 e. The highest BCUT2D eigenvalue weighted by Crippen LogP contribution is 2.20. The zero-order valence-corrected chi connectivity index (χ0v) is 17.1. The molecule has 0 aliphatic carbocycles. The molecule has 0 radical (unpaired) electrons. The molecule has 0 amide bonds. The smallest absolute Gasteiger partial charge is 0.159 e. The molecule has 0 atom stereocenters. The number of aryl methyl sites for hydroxylation is 2. The highest BCUT2D eigenvalue weighted by Gasteiger charge is 2.07. The summed E-state index contributed by atoms with van der Waals surface area (Å²) in [5, 5.41) is 0. The Bertz CT molecular complexity index is 652. The van der Waals surface area contributed by atoms with Gasteiger partial charge in [0.15, 0.2) is 5.82 Å². The minimum Gasteiger partial charge on any atom is -0.236 e. The maximum absolute atomic E-state index is 14.4. The predicted molar refractivity (Wildman–Crippen MR) is 112 cm³/mol. The topological polar surface area (TPSA) is 25.8 Å². The fraction of sp³-hybridized carbons (Fsp3) is 0.583. The molecule has 1 aromatic heterocycles. The maximum Gasteiger partial charge on any atom is 0.159 e. The number of unbranched alkanes of at least 4 members (excludes halogenated alkanes) is 8. The van der Waals surface area contributed by atoms with Crippen molar-refractivity contribution >= 4 is 0 Å². The lowest BCUT2D eigenvalue weighted by Gasteiger charge is -2.07. The van der Waals surface area contributed by atoms with E-state index in [4.69, 9.17) is 0 Å². The molecule has 1 aromatic carbocycles. The second-order valence-corrected chi connectivity index (χ2v) is 7.55. The van der Waals surface area contributed by atoms with E-state index in [2.05, 4.69) is 23.8 Å². The second-order valence-electron chi connectivity index (χ2n) is 7.55. The zero-order chi connectivity index (χ0) is 19.3. The zero-order valence-electron chi connectivity index (χ0n) is 17.1. The SMILES string of the molecule is CCCCCCCc1cnc(-c2ccc(CCCCCCC)c(F)c2)nc1. The van der Waals surface area contributed by atoms with Crippen LogP contribution in [-0.4, -0.2) is 9.97 Å². The number of hydrogen-bond acceptors (Lipinski definition) is 2. The van der Waals surface area contributed by atoms with Crippen molar-refractivity contribution < 1.29 is 4.39 Å². The Morgan fingerprint density at radius 2 is 1.33 bits per heavy atom. The van der Waals surface area contributed by atoms with Crippen molar-refractivity contribution in [2.75, 3.05) is 0 Å². The Labute approximate surface area is 164 Å². The highest BCUT2D eigenvalue weighted by molar-refractivity contribution is 5.55. The molecule has 3 heteroatoms.